The fourth-order valence-corrected chi connectivity index (χ4v) is 3.30. The maximum absolute atomic E-state index is 11.8. The molecule has 0 saturated carbocycles. The number of nitrogens with one attached hydrogen (secondary N) is 1. The first-order valence-corrected chi connectivity index (χ1v) is 9.44. The van der Waals surface area contributed by atoms with Crippen molar-refractivity contribution in [1.29, 1.82) is 0 Å². The van der Waals surface area contributed by atoms with Crippen LogP contribution >= 0.6 is 11.8 Å². The van der Waals surface area contributed by atoms with Gasteiger partial charge in [-0.15, -0.1) is 10.2 Å². The van der Waals surface area contributed by atoms with Crippen LogP contribution in [0.25, 0.3) is 10.8 Å². The fourth-order valence-electron chi connectivity index (χ4n) is 2.55. The van der Waals surface area contributed by atoms with Crippen molar-refractivity contribution in [3.05, 3.63) is 48.3 Å². The van der Waals surface area contributed by atoms with E-state index in [-0.39, 0.29) is 11.9 Å². The summed E-state index contributed by atoms with van der Waals surface area (Å²) < 4.78 is 7.83. The summed E-state index contributed by atoms with van der Waals surface area (Å²) in [7, 11) is 1.88. The number of nitrogens with zero attached hydrogens (tertiary/aromatic N) is 3. The smallest absolute Gasteiger partial charge is 0.230 e. The van der Waals surface area contributed by atoms with Gasteiger partial charge in [-0.25, -0.2) is 0 Å². The quantitative estimate of drug-likeness (QED) is 0.647. The monoisotopic (exact) mass is 370 g/mol. The van der Waals surface area contributed by atoms with E-state index >= 15 is 0 Å². The SMILES string of the molecule is CC(C)NC(=O)CSc1nnc(COc2cccc3ccccc23)n1C. The molecule has 6 nitrogen and oxygen atoms in total. The fraction of sp³-hybridized carbons (Fsp3) is 0.316. The van der Waals surface area contributed by atoms with Gasteiger partial charge in [0.15, 0.2) is 11.0 Å². The van der Waals surface area contributed by atoms with Crippen molar-refractivity contribution in [3.63, 3.8) is 0 Å². The first-order valence-electron chi connectivity index (χ1n) is 8.45. The number of thioether (sulfide) groups is 1. The molecule has 0 unspecified atom stereocenters. The summed E-state index contributed by atoms with van der Waals surface area (Å²) in [5, 5.41) is 14.1. The van der Waals surface area contributed by atoms with Crippen LogP contribution < -0.4 is 10.1 Å². The second-order valence-corrected chi connectivity index (χ2v) is 7.18. The normalized spacial score (nSPS) is 11.1. The lowest BCUT2D eigenvalue weighted by Gasteiger charge is -2.09. The molecule has 7 heteroatoms. The first-order chi connectivity index (χ1) is 12.5. The van der Waals surface area contributed by atoms with Crippen molar-refractivity contribution in [3.8, 4) is 5.75 Å². The molecule has 0 aliphatic heterocycles. The summed E-state index contributed by atoms with van der Waals surface area (Å²) in [6.07, 6.45) is 0. The van der Waals surface area contributed by atoms with E-state index < -0.39 is 0 Å². The number of benzene rings is 2. The van der Waals surface area contributed by atoms with Gasteiger partial charge in [-0.05, 0) is 25.3 Å². The summed E-state index contributed by atoms with van der Waals surface area (Å²) >= 11 is 1.36. The zero-order valence-electron chi connectivity index (χ0n) is 15.1. The predicted octanol–water partition coefficient (Wildman–Crippen LogP) is 3.16. The van der Waals surface area contributed by atoms with Gasteiger partial charge in [0.05, 0.1) is 5.75 Å². The maximum Gasteiger partial charge on any atom is 0.230 e. The van der Waals surface area contributed by atoms with Gasteiger partial charge in [-0.3, -0.25) is 4.79 Å². The highest BCUT2D eigenvalue weighted by Crippen LogP contribution is 2.26. The lowest BCUT2D eigenvalue weighted by atomic mass is 10.1. The average molecular weight is 370 g/mol. The number of amides is 1. The molecule has 3 rings (SSSR count). The summed E-state index contributed by atoms with van der Waals surface area (Å²) in [6, 6.07) is 14.2. The van der Waals surface area contributed by atoms with Gasteiger partial charge in [0.25, 0.3) is 0 Å². The third-order valence-corrected chi connectivity index (χ3v) is 4.83. The lowest BCUT2D eigenvalue weighted by Crippen LogP contribution is -2.31. The summed E-state index contributed by atoms with van der Waals surface area (Å²) in [4.78, 5) is 11.8. The van der Waals surface area contributed by atoms with Crippen LogP contribution in [0.5, 0.6) is 5.75 Å². The predicted molar refractivity (Wildman–Crippen MR) is 103 cm³/mol. The van der Waals surface area contributed by atoms with Crippen LogP contribution in [0, 0.1) is 0 Å². The van der Waals surface area contributed by atoms with Crippen molar-refractivity contribution < 1.29 is 9.53 Å². The molecule has 1 aromatic heterocycles. The van der Waals surface area contributed by atoms with Gasteiger partial charge in [-0.1, -0.05) is 48.2 Å². The standard InChI is InChI=1S/C19H22N4O2S/c1-13(2)20-18(24)12-26-19-22-21-17(23(19)3)11-25-16-10-6-8-14-7-4-5-9-15(14)16/h4-10,13H,11-12H2,1-3H3,(H,20,24). The van der Waals surface area contributed by atoms with Gasteiger partial charge in [0.1, 0.15) is 12.4 Å². The van der Waals surface area contributed by atoms with Gasteiger partial charge in [0.2, 0.25) is 5.91 Å². The van der Waals surface area contributed by atoms with Crippen molar-refractivity contribution >= 4 is 28.4 Å². The van der Waals surface area contributed by atoms with E-state index in [0.29, 0.717) is 23.3 Å². The summed E-state index contributed by atoms with van der Waals surface area (Å²) in [6.45, 7) is 4.19. The molecule has 1 heterocycles. The van der Waals surface area contributed by atoms with Gasteiger partial charge in [-0.2, -0.15) is 0 Å². The number of carbonyl (C=O) groups is 1. The molecular formula is C19H22N4O2S. The highest BCUT2D eigenvalue weighted by molar-refractivity contribution is 7.99. The number of aromatic nitrogens is 3. The molecule has 0 bridgehead atoms. The number of hydrogen-bond donors (Lipinski definition) is 1. The highest BCUT2D eigenvalue weighted by Gasteiger charge is 2.13. The van der Waals surface area contributed by atoms with Crippen LogP contribution in [-0.4, -0.2) is 32.5 Å². The second-order valence-electron chi connectivity index (χ2n) is 6.23. The largest absolute Gasteiger partial charge is 0.485 e. The summed E-state index contributed by atoms with van der Waals surface area (Å²) in [5.41, 5.74) is 0. The Labute approximate surface area is 156 Å². The van der Waals surface area contributed by atoms with Gasteiger partial charge >= 0.3 is 0 Å². The van der Waals surface area contributed by atoms with Crippen LogP contribution in [0.2, 0.25) is 0 Å². The van der Waals surface area contributed by atoms with E-state index in [1.807, 2.05) is 55.8 Å². The Morgan fingerprint density at radius 2 is 1.96 bits per heavy atom. The Balaban J connectivity index is 1.64. The first kappa shape index (κ1) is 18.3. The van der Waals surface area contributed by atoms with E-state index in [4.69, 9.17) is 4.74 Å². The molecule has 0 aliphatic rings. The Kier molecular flexibility index (Phi) is 5.78. The Morgan fingerprint density at radius 1 is 1.19 bits per heavy atom. The van der Waals surface area contributed by atoms with E-state index in [0.717, 1.165) is 16.5 Å². The van der Waals surface area contributed by atoms with E-state index in [1.165, 1.54) is 11.8 Å². The van der Waals surface area contributed by atoms with Crippen LogP contribution in [0.1, 0.15) is 19.7 Å². The van der Waals surface area contributed by atoms with Crippen molar-refractivity contribution in [2.75, 3.05) is 5.75 Å². The Bertz CT molecular complexity index is 902. The van der Waals surface area contributed by atoms with Gasteiger partial charge in [0, 0.05) is 18.5 Å². The lowest BCUT2D eigenvalue weighted by molar-refractivity contribution is -0.119. The van der Waals surface area contributed by atoms with E-state index in [1.54, 1.807) is 0 Å². The van der Waals surface area contributed by atoms with Crippen molar-refractivity contribution in [2.24, 2.45) is 7.05 Å². The van der Waals surface area contributed by atoms with Crippen molar-refractivity contribution in [2.45, 2.75) is 31.7 Å². The zero-order valence-corrected chi connectivity index (χ0v) is 15.9. The maximum atomic E-state index is 11.8. The number of hydrogen-bond acceptors (Lipinski definition) is 5. The molecule has 3 aromatic rings. The minimum atomic E-state index is -0.0124. The minimum absolute atomic E-state index is 0.0124. The number of ether oxygens (including phenoxy) is 1. The third-order valence-electron chi connectivity index (χ3n) is 3.81. The molecular weight excluding hydrogens is 348 g/mol. The average Bonchev–Trinajstić information content (AvgIpc) is 2.97. The van der Waals surface area contributed by atoms with Crippen LogP contribution in [0.3, 0.4) is 0 Å². The molecule has 136 valence electrons. The second kappa shape index (κ2) is 8.23. The van der Waals surface area contributed by atoms with Crippen LogP contribution in [-0.2, 0) is 18.4 Å². The van der Waals surface area contributed by atoms with Crippen molar-refractivity contribution in [1.82, 2.24) is 20.1 Å². The number of fused-ring (bicyclic) bond motifs is 1. The summed E-state index contributed by atoms with van der Waals surface area (Å²) in [5.74, 6) is 1.83. The third kappa shape index (κ3) is 4.35. The molecule has 2 aromatic carbocycles. The molecule has 1 N–H and O–H groups in total. The molecule has 26 heavy (non-hydrogen) atoms. The molecule has 0 radical (unpaired) electrons. The number of carbonyl (C=O) groups excluding carboxylic acids is 1. The number of rotatable bonds is 7. The van der Waals surface area contributed by atoms with E-state index in [9.17, 15) is 4.79 Å². The zero-order chi connectivity index (χ0) is 18.5. The molecule has 0 spiro atoms. The van der Waals surface area contributed by atoms with Gasteiger partial charge < -0.3 is 14.6 Å². The highest BCUT2D eigenvalue weighted by atomic mass is 32.2. The molecule has 1 amide bonds. The van der Waals surface area contributed by atoms with Crippen LogP contribution in [0.4, 0.5) is 0 Å². The molecule has 0 fully saturated rings. The Morgan fingerprint density at radius 3 is 2.77 bits per heavy atom. The molecule has 0 atom stereocenters. The minimum Gasteiger partial charge on any atom is -0.485 e. The topological polar surface area (TPSA) is 69.0 Å². The molecule has 0 saturated heterocycles. The van der Waals surface area contributed by atoms with Crippen LogP contribution in [0.15, 0.2) is 47.6 Å². The molecule has 0 aliphatic carbocycles. The van der Waals surface area contributed by atoms with E-state index in [2.05, 4.69) is 27.6 Å². The Hall–Kier alpha value is -2.54.